The van der Waals surface area contributed by atoms with E-state index in [0.717, 1.165) is 23.2 Å². The van der Waals surface area contributed by atoms with Gasteiger partial charge in [0.05, 0.1) is 4.90 Å². The Labute approximate surface area is 189 Å². The van der Waals surface area contributed by atoms with Crippen molar-refractivity contribution < 1.29 is 22.7 Å². The van der Waals surface area contributed by atoms with E-state index in [0.29, 0.717) is 13.0 Å². The van der Waals surface area contributed by atoms with E-state index < -0.39 is 34.0 Å². The number of carbonyl (C=O) groups is 2. The molecule has 0 bridgehead atoms. The van der Waals surface area contributed by atoms with E-state index in [4.69, 9.17) is 4.74 Å². The van der Waals surface area contributed by atoms with E-state index in [2.05, 4.69) is 10.0 Å². The standard InChI is InChI=1S/C23H29N3O5S/c1-16-6-12-19(13-7-16)32(29,30)25-21(15-17-8-10-18(11-9-17)26(2)3)23(28)31-22(27)20-5-4-14-24-20/h6-13,20-21,24-25H,4-5,14-15H2,1-3H3/t20-,21-/m0/s1. The lowest BCUT2D eigenvalue weighted by molar-refractivity contribution is -0.162. The van der Waals surface area contributed by atoms with Crippen molar-refractivity contribution in [1.29, 1.82) is 0 Å². The van der Waals surface area contributed by atoms with Gasteiger partial charge in [0.25, 0.3) is 0 Å². The third kappa shape index (κ3) is 6.15. The maximum Gasteiger partial charge on any atom is 0.332 e. The molecule has 1 aliphatic heterocycles. The third-order valence-corrected chi connectivity index (χ3v) is 6.84. The summed E-state index contributed by atoms with van der Waals surface area (Å²) in [7, 11) is -0.183. The second-order valence-electron chi connectivity index (χ2n) is 8.14. The Balaban J connectivity index is 1.81. The number of nitrogens with zero attached hydrogens (tertiary/aromatic N) is 1. The molecule has 2 N–H and O–H groups in total. The summed E-state index contributed by atoms with van der Waals surface area (Å²) in [5.74, 6) is -1.61. The molecule has 0 unspecified atom stereocenters. The van der Waals surface area contributed by atoms with Crippen molar-refractivity contribution in [3.05, 3.63) is 59.7 Å². The minimum Gasteiger partial charge on any atom is -0.391 e. The number of nitrogens with one attached hydrogen (secondary N) is 2. The fourth-order valence-corrected chi connectivity index (χ4v) is 4.62. The molecule has 0 amide bonds. The zero-order valence-corrected chi connectivity index (χ0v) is 19.3. The summed E-state index contributed by atoms with van der Waals surface area (Å²) in [5.41, 5.74) is 2.61. The summed E-state index contributed by atoms with van der Waals surface area (Å²) in [5, 5.41) is 2.98. The Morgan fingerprint density at radius 3 is 2.34 bits per heavy atom. The molecule has 172 valence electrons. The van der Waals surface area contributed by atoms with Gasteiger partial charge in [0.15, 0.2) is 0 Å². The zero-order chi connectivity index (χ0) is 23.3. The molecule has 2 atom stereocenters. The van der Waals surface area contributed by atoms with Crippen molar-refractivity contribution in [2.24, 2.45) is 0 Å². The van der Waals surface area contributed by atoms with Gasteiger partial charge in [-0.05, 0) is 62.6 Å². The van der Waals surface area contributed by atoms with Gasteiger partial charge in [0.1, 0.15) is 12.1 Å². The molecule has 2 aromatic carbocycles. The number of hydrogen-bond donors (Lipinski definition) is 2. The highest BCUT2D eigenvalue weighted by Gasteiger charge is 2.32. The molecule has 1 saturated heterocycles. The first-order valence-corrected chi connectivity index (χ1v) is 12.0. The molecule has 2 aromatic rings. The monoisotopic (exact) mass is 459 g/mol. The normalized spacial score (nSPS) is 17.0. The average molecular weight is 460 g/mol. The lowest BCUT2D eigenvalue weighted by Gasteiger charge is -2.19. The predicted octanol–water partition coefficient (Wildman–Crippen LogP) is 1.77. The molecule has 0 aromatic heterocycles. The Kier molecular flexibility index (Phi) is 7.65. The molecule has 0 spiro atoms. The van der Waals surface area contributed by atoms with Gasteiger partial charge in [-0.25, -0.2) is 18.0 Å². The number of sulfonamides is 1. The van der Waals surface area contributed by atoms with Crippen molar-refractivity contribution in [2.45, 2.75) is 43.2 Å². The smallest absolute Gasteiger partial charge is 0.332 e. The summed E-state index contributed by atoms with van der Waals surface area (Å²) in [4.78, 5) is 27.1. The van der Waals surface area contributed by atoms with Crippen LogP contribution in [0.3, 0.4) is 0 Å². The number of rotatable bonds is 8. The average Bonchev–Trinajstić information content (AvgIpc) is 3.29. The highest BCUT2D eigenvalue weighted by atomic mass is 32.2. The molecule has 0 radical (unpaired) electrons. The second kappa shape index (κ2) is 10.2. The summed E-state index contributed by atoms with van der Waals surface area (Å²) in [6, 6.07) is 11.9. The number of esters is 2. The van der Waals surface area contributed by atoms with Crippen LogP contribution in [0.1, 0.15) is 24.0 Å². The number of carbonyl (C=O) groups excluding carboxylic acids is 2. The maximum absolute atomic E-state index is 12.9. The summed E-state index contributed by atoms with van der Waals surface area (Å²) in [6.07, 6.45) is 1.44. The summed E-state index contributed by atoms with van der Waals surface area (Å²) < 4.78 is 33.3. The van der Waals surface area contributed by atoms with Gasteiger partial charge in [-0.15, -0.1) is 0 Å². The van der Waals surface area contributed by atoms with Crippen LogP contribution in [0, 0.1) is 6.92 Å². The molecular formula is C23H29N3O5S. The van der Waals surface area contributed by atoms with Crippen molar-refractivity contribution in [2.75, 3.05) is 25.5 Å². The van der Waals surface area contributed by atoms with E-state index >= 15 is 0 Å². The molecule has 8 nitrogen and oxygen atoms in total. The van der Waals surface area contributed by atoms with Crippen LogP contribution in [0.5, 0.6) is 0 Å². The van der Waals surface area contributed by atoms with E-state index in [9.17, 15) is 18.0 Å². The lowest BCUT2D eigenvalue weighted by atomic mass is 10.1. The topological polar surface area (TPSA) is 105 Å². The van der Waals surface area contributed by atoms with Crippen LogP contribution in [-0.2, 0) is 30.8 Å². The van der Waals surface area contributed by atoms with E-state index in [-0.39, 0.29) is 11.3 Å². The number of aryl methyl sites for hydroxylation is 1. The first-order valence-electron chi connectivity index (χ1n) is 10.5. The van der Waals surface area contributed by atoms with Crippen molar-refractivity contribution in [3.8, 4) is 0 Å². The van der Waals surface area contributed by atoms with Gasteiger partial charge >= 0.3 is 11.9 Å². The highest BCUT2D eigenvalue weighted by molar-refractivity contribution is 7.89. The number of hydrogen-bond acceptors (Lipinski definition) is 7. The molecule has 9 heteroatoms. The number of anilines is 1. The van der Waals surface area contributed by atoms with Gasteiger partial charge in [0, 0.05) is 19.8 Å². The number of ether oxygens (including phenoxy) is 1. The van der Waals surface area contributed by atoms with Crippen LogP contribution in [-0.4, -0.2) is 53.1 Å². The lowest BCUT2D eigenvalue weighted by Crippen LogP contribution is -2.45. The van der Waals surface area contributed by atoms with Crippen molar-refractivity contribution in [3.63, 3.8) is 0 Å². The number of benzene rings is 2. The maximum atomic E-state index is 12.9. The predicted molar refractivity (Wildman–Crippen MR) is 122 cm³/mol. The van der Waals surface area contributed by atoms with Gasteiger partial charge in [0.2, 0.25) is 10.0 Å². The first-order chi connectivity index (χ1) is 15.2. The van der Waals surface area contributed by atoms with Crippen LogP contribution in [0.25, 0.3) is 0 Å². The highest BCUT2D eigenvalue weighted by Crippen LogP contribution is 2.17. The summed E-state index contributed by atoms with van der Waals surface area (Å²) in [6.45, 7) is 2.53. The van der Waals surface area contributed by atoms with Crippen LogP contribution in [0.15, 0.2) is 53.4 Å². The Morgan fingerprint density at radius 2 is 1.78 bits per heavy atom. The quantitative estimate of drug-likeness (QED) is 0.458. The van der Waals surface area contributed by atoms with Crippen LogP contribution >= 0.6 is 0 Å². The van der Waals surface area contributed by atoms with Gasteiger partial charge in [-0.3, -0.25) is 0 Å². The molecule has 1 aliphatic rings. The second-order valence-corrected chi connectivity index (χ2v) is 9.85. The fraction of sp³-hybridized carbons (Fsp3) is 0.391. The van der Waals surface area contributed by atoms with E-state index in [1.807, 2.05) is 50.2 Å². The van der Waals surface area contributed by atoms with E-state index in [1.165, 1.54) is 12.1 Å². The first kappa shape index (κ1) is 23.9. The fourth-order valence-electron chi connectivity index (χ4n) is 3.44. The minimum atomic E-state index is -4.00. The van der Waals surface area contributed by atoms with Crippen LogP contribution in [0.2, 0.25) is 0 Å². The van der Waals surface area contributed by atoms with Crippen molar-refractivity contribution in [1.82, 2.24) is 10.0 Å². The largest absolute Gasteiger partial charge is 0.391 e. The Hall–Kier alpha value is -2.75. The molecule has 1 fully saturated rings. The Bertz CT molecular complexity index is 1040. The van der Waals surface area contributed by atoms with Crippen LogP contribution in [0.4, 0.5) is 5.69 Å². The van der Waals surface area contributed by atoms with E-state index in [1.54, 1.807) is 12.1 Å². The summed E-state index contributed by atoms with van der Waals surface area (Å²) >= 11 is 0. The van der Waals surface area contributed by atoms with Gasteiger partial charge < -0.3 is 15.0 Å². The van der Waals surface area contributed by atoms with Crippen molar-refractivity contribution >= 4 is 27.6 Å². The molecule has 0 aliphatic carbocycles. The Morgan fingerprint density at radius 1 is 1.12 bits per heavy atom. The minimum absolute atomic E-state index is 0.0349. The van der Waals surface area contributed by atoms with Gasteiger partial charge in [-0.2, -0.15) is 4.72 Å². The van der Waals surface area contributed by atoms with Gasteiger partial charge in [-0.1, -0.05) is 29.8 Å². The molecule has 32 heavy (non-hydrogen) atoms. The molecule has 0 saturated carbocycles. The zero-order valence-electron chi connectivity index (χ0n) is 18.5. The van der Waals surface area contributed by atoms with Crippen LogP contribution < -0.4 is 14.9 Å². The third-order valence-electron chi connectivity index (χ3n) is 5.35. The molecule has 1 heterocycles. The molecular weight excluding hydrogens is 430 g/mol. The SMILES string of the molecule is Cc1ccc(S(=O)(=O)N[C@@H](Cc2ccc(N(C)C)cc2)C(=O)OC(=O)[C@@H]2CCCN2)cc1. The molecule has 3 rings (SSSR count).